The molecule has 0 fully saturated rings. The Hall–Kier alpha value is -2.34. The molecule has 0 aliphatic carbocycles. The number of rotatable bonds is 4. The second-order valence-corrected chi connectivity index (χ2v) is 4.40. The van der Waals surface area contributed by atoms with E-state index in [1.165, 1.54) is 24.3 Å². The average molecular weight is 295 g/mol. The van der Waals surface area contributed by atoms with E-state index < -0.39 is 16.5 Å². The van der Waals surface area contributed by atoms with E-state index in [1.54, 1.807) is 0 Å². The minimum atomic E-state index is -0.608. The number of halogens is 2. The molecule has 1 aromatic carbocycles. The Morgan fingerprint density at radius 3 is 2.70 bits per heavy atom. The molecule has 20 heavy (non-hydrogen) atoms. The van der Waals surface area contributed by atoms with Crippen LogP contribution >= 0.6 is 11.6 Å². The summed E-state index contributed by atoms with van der Waals surface area (Å²) < 4.78 is 12.7. The van der Waals surface area contributed by atoms with Crippen LogP contribution < -0.4 is 0 Å². The van der Waals surface area contributed by atoms with Gasteiger partial charge in [-0.25, -0.2) is 4.39 Å². The summed E-state index contributed by atoms with van der Waals surface area (Å²) in [6.07, 6.45) is 0.888. The monoisotopic (exact) mass is 294 g/mol. The van der Waals surface area contributed by atoms with Gasteiger partial charge in [0.05, 0.1) is 22.6 Å². The highest BCUT2D eigenvalue weighted by atomic mass is 35.5. The molecule has 0 saturated carbocycles. The average Bonchev–Trinajstić information content (AvgIpc) is 2.41. The van der Waals surface area contributed by atoms with Crippen LogP contribution in [0.4, 0.5) is 10.1 Å². The van der Waals surface area contributed by atoms with Gasteiger partial charge in [0.2, 0.25) is 0 Å². The lowest BCUT2D eigenvalue weighted by Crippen LogP contribution is -2.06. The fourth-order valence-electron chi connectivity index (χ4n) is 1.61. The first-order valence-corrected chi connectivity index (χ1v) is 5.93. The van der Waals surface area contributed by atoms with Gasteiger partial charge in [0.25, 0.3) is 5.69 Å². The quantitative estimate of drug-likeness (QED) is 0.493. The number of hydrogen-bond acceptors (Lipinski definition) is 4. The van der Waals surface area contributed by atoms with Crippen LogP contribution in [0.25, 0.3) is 0 Å². The van der Waals surface area contributed by atoms with Gasteiger partial charge in [0, 0.05) is 23.4 Å². The van der Waals surface area contributed by atoms with Crippen LogP contribution in [0, 0.1) is 15.9 Å². The molecular formula is C13H8ClFN2O3. The van der Waals surface area contributed by atoms with Crippen molar-refractivity contribution in [3.8, 4) is 0 Å². The van der Waals surface area contributed by atoms with Crippen molar-refractivity contribution in [2.45, 2.75) is 6.42 Å². The molecule has 2 rings (SSSR count). The van der Waals surface area contributed by atoms with Gasteiger partial charge < -0.3 is 0 Å². The number of hydrogen-bond donors (Lipinski definition) is 0. The third-order valence-corrected chi connectivity index (χ3v) is 2.92. The molecule has 0 spiro atoms. The molecule has 0 aliphatic heterocycles. The van der Waals surface area contributed by atoms with Gasteiger partial charge in [0.15, 0.2) is 5.78 Å². The Morgan fingerprint density at radius 2 is 2.10 bits per heavy atom. The molecule has 0 bridgehead atoms. The Kier molecular flexibility index (Phi) is 4.05. The second-order valence-electron chi connectivity index (χ2n) is 3.99. The van der Waals surface area contributed by atoms with E-state index in [1.807, 2.05) is 0 Å². The maximum Gasteiger partial charge on any atom is 0.270 e. The molecule has 7 heteroatoms. The molecule has 0 aliphatic rings. The number of Topliss-reactive ketones (excluding diaryl/α,β-unsaturated/α-hetero) is 1. The van der Waals surface area contributed by atoms with Gasteiger partial charge in [-0.05, 0) is 18.2 Å². The van der Waals surface area contributed by atoms with Crippen molar-refractivity contribution in [1.82, 2.24) is 4.98 Å². The molecule has 0 radical (unpaired) electrons. The molecule has 102 valence electrons. The maximum absolute atomic E-state index is 12.7. The predicted molar refractivity (Wildman–Crippen MR) is 70.3 cm³/mol. The van der Waals surface area contributed by atoms with Crippen molar-refractivity contribution in [3.05, 3.63) is 68.7 Å². The van der Waals surface area contributed by atoms with Crippen molar-refractivity contribution in [2.75, 3.05) is 0 Å². The van der Waals surface area contributed by atoms with Crippen LogP contribution in [0.3, 0.4) is 0 Å². The van der Waals surface area contributed by atoms with Gasteiger partial charge in [-0.2, -0.15) is 0 Å². The Morgan fingerprint density at radius 1 is 1.35 bits per heavy atom. The summed E-state index contributed by atoms with van der Waals surface area (Å²) in [7, 11) is 0. The summed E-state index contributed by atoms with van der Waals surface area (Å²) >= 11 is 5.86. The Bertz CT molecular complexity index is 674. The highest BCUT2D eigenvalue weighted by molar-refractivity contribution is 6.34. The van der Waals surface area contributed by atoms with Crippen molar-refractivity contribution in [1.29, 1.82) is 0 Å². The van der Waals surface area contributed by atoms with Gasteiger partial charge in [0.1, 0.15) is 5.82 Å². The fourth-order valence-corrected chi connectivity index (χ4v) is 1.83. The fraction of sp³-hybridized carbons (Fsp3) is 0.0769. The number of benzene rings is 1. The lowest BCUT2D eigenvalue weighted by atomic mass is 10.1. The van der Waals surface area contributed by atoms with Crippen LogP contribution in [-0.4, -0.2) is 15.7 Å². The number of non-ortho nitro benzene ring substituents is 1. The normalized spacial score (nSPS) is 10.3. The third-order valence-electron chi connectivity index (χ3n) is 2.59. The molecule has 0 unspecified atom stereocenters. The van der Waals surface area contributed by atoms with E-state index in [2.05, 4.69) is 4.98 Å². The van der Waals surface area contributed by atoms with Crippen molar-refractivity contribution >= 4 is 23.1 Å². The van der Waals surface area contributed by atoms with Crippen molar-refractivity contribution < 1.29 is 14.1 Å². The number of nitro benzene ring substituents is 1. The summed E-state index contributed by atoms with van der Waals surface area (Å²) in [5.41, 5.74) is 0.191. The first kappa shape index (κ1) is 14.1. The zero-order valence-electron chi connectivity index (χ0n) is 10.0. The topological polar surface area (TPSA) is 73.1 Å². The number of pyridine rings is 1. The Balaban J connectivity index is 2.26. The molecule has 0 N–H and O–H groups in total. The number of aromatic nitrogens is 1. The molecule has 0 saturated heterocycles. The van der Waals surface area contributed by atoms with Gasteiger partial charge >= 0.3 is 0 Å². The van der Waals surface area contributed by atoms with Gasteiger partial charge in [-0.1, -0.05) is 11.6 Å². The summed E-state index contributed by atoms with van der Waals surface area (Å²) in [6, 6.07) is 6.19. The molecule has 5 nitrogen and oxygen atoms in total. The van der Waals surface area contributed by atoms with Crippen molar-refractivity contribution in [3.63, 3.8) is 0 Å². The number of nitrogens with zero attached hydrogens (tertiary/aromatic N) is 2. The minimum Gasteiger partial charge on any atom is -0.294 e. The van der Waals surface area contributed by atoms with Crippen LogP contribution in [0.2, 0.25) is 5.02 Å². The van der Waals surface area contributed by atoms with Crippen LogP contribution in [-0.2, 0) is 6.42 Å². The van der Waals surface area contributed by atoms with E-state index in [0.717, 1.165) is 12.3 Å². The summed E-state index contributed by atoms with van der Waals surface area (Å²) in [5.74, 6) is -0.924. The smallest absolute Gasteiger partial charge is 0.270 e. The standard InChI is InChI=1S/C13H8ClFN2O3/c14-12-4-3-10(17(19)20)6-11(12)13(18)5-9-2-1-8(15)7-16-9/h1-4,6-7H,5H2. The van der Waals surface area contributed by atoms with E-state index >= 15 is 0 Å². The zero-order valence-corrected chi connectivity index (χ0v) is 10.8. The first-order valence-electron chi connectivity index (χ1n) is 5.55. The van der Waals surface area contributed by atoms with Crippen LogP contribution in [0.5, 0.6) is 0 Å². The number of ketones is 1. The molecule has 0 amide bonds. The van der Waals surface area contributed by atoms with E-state index in [0.29, 0.717) is 5.69 Å². The maximum atomic E-state index is 12.7. The highest BCUT2D eigenvalue weighted by Gasteiger charge is 2.16. The first-order chi connectivity index (χ1) is 9.47. The minimum absolute atomic E-state index is 0.0481. The second kappa shape index (κ2) is 5.75. The van der Waals surface area contributed by atoms with E-state index in [-0.39, 0.29) is 22.7 Å². The van der Waals surface area contributed by atoms with E-state index in [4.69, 9.17) is 11.6 Å². The van der Waals surface area contributed by atoms with Crippen molar-refractivity contribution in [2.24, 2.45) is 0 Å². The molecule has 2 aromatic rings. The SMILES string of the molecule is O=C(Cc1ccc(F)cn1)c1cc([N+](=O)[O-])ccc1Cl. The summed E-state index contributed by atoms with van der Waals surface area (Å²) in [6.45, 7) is 0. The highest BCUT2D eigenvalue weighted by Crippen LogP contribution is 2.23. The molecular weight excluding hydrogens is 287 g/mol. The molecule has 1 aromatic heterocycles. The van der Waals surface area contributed by atoms with Gasteiger partial charge in [-0.3, -0.25) is 19.9 Å². The number of carbonyl (C=O) groups excluding carboxylic acids is 1. The number of carbonyl (C=O) groups is 1. The zero-order chi connectivity index (χ0) is 14.7. The Labute approximate surface area is 118 Å². The summed E-state index contributed by atoms with van der Waals surface area (Å²) in [5, 5.41) is 10.8. The molecule has 1 heterocycles. The van der Waals surface area contributed by atoms with E-state index in [9.17, 15) is 19.3 Å². The number of nitro groups is 1. The van der Waals surface area contributed by atoms with Crippen LogP contribution in [0.15, 0.2) is 36.5 Å². The largest absolute Gasteiger partial charge is 0.294 e. The van der Waals surface area contributed by atoms with Crippen LogP contribution in [0.1, 0.15) is 16.1 Å². The summed E-state index contributed by atoms with van der Waals surface area (Å²) in [4.78, 5) is 25.9. The van der Waals surface area contributed by atoms with Gasteiger partial charge in [-0.15, -0.1) is 0 Å². The molecule has 0 atom stereocenters. The lowest BCUT2D eigenvalue weighted by molar-refractivity contribution is -0.384. The lowest BCUT2D eigenvalue weighted by Gasteiger charge is -2.03. The third kappa shape index (κ3) is 3.16. The predicted octanol–water partition coefficient (Wildman–Crippen LogP) is 3.21.